The molecular weight excluding hydrogens is 168 g/mol. The van der Waals surface area contributed by atoms with Crippen molar-refractivity contribution in [1.29, 1.82) is 0 Å². The van der Waals surface area contributed by atoms with Crippen LogP contribution in [0.2, 0.25) is 0 Å². The first-order valence-electron chi connectivity index (χ1n) is 4.61. The number of aliphatic hydroxyl groups excluding tert-OH is 1. The zero-order chi connectivity index (χ0) is 9.68. The van der Waals surface area contributed by atoms with Gasteiger partial charge in [0.2, 0.25) is 0 Å². The van der Waals surface area contributed by atoms with E-state index in [1.165, 1.54) is 0 Å². The number of carboxylic acids is 1. The molecule has 0 fully saturated rings. The van der Waals surface area contributed by atoms with Gasteiger partial charge in [-0.25, -0.2) is 4.79 Å². The third-order valence-electron chi connectivity index (χ3n) is 2.24. The number of carbonyl (C=O) groups is 1. The van der Waals surface area contributed by atoms with Gasteiger partial charge in [0.05, 0.1) is 5.92 Å². The summed E-state index contributed by atoms with van der Waals surface area (Å²) in [4.78, 5) is 10.5. The minimum atomic E-state index is -1.31. The van der Waals surface area contributed by atoms with E-state index in [1.807, 2.05) is 0 Å². The average Bonchev–Trinajstić information content (AvgIpc) is 2.02. The van der Waals surface area contributed by atoms with E-state index in [-0.39, 0.29) is 5.92 Å². The number of carboxylic acid groups (broad SMARTS) is 1. The van der Waals surface area contributed by atoms with Gasteiger partial charge in [0.1, 0.15) is 0 Å². The molecule has 3 nitrogen and oxygen atoms in total. The summed E-state index contributed by atoms with van der Waals surface area (Å²) in [6.45, 7) is 0. The van der Waals surface area contributed by atoms with E-state index in [9.17, 15) is 9.90 Å². The van der Waals surface area contributed by atoms with Crippen LogP contribution in [-0.2, 0) is 4.79 Å². The molecule has 0 aromatic heterocycles. The zero-order valence-corrected chi connectivity index (χ0v) is 7.49. The Balaban J connectivity index is 2.59. The molecule has 0 unspecified atom stereocenters. The smallest absolute Gasteiger partial charge is 0.333 e. The first-order chi connectivity index (χ1) is 6.22. The lowest BCUT2D eigenvalue weighted by molar-refractivity contribution is -0.148. The van der Waals surface area contributed by atoms with Crippen molar-refractivity contribution < 1.29 is 15.0 Å². The molecule has 0 aromatic rings. The molecule has 3 heteroatoms. The highest BCUT2D eigenvalue weighted by Crippen LogP contribution is 2.16. The number of hydrogen-bond donors (Lipinski definition) is 2. The SMILES string of the molecule is O=C(O)[C@@H](O)[C@@H]1C#CCCCCC1. The fourth-order valence-electron chi connectivity index (χ4n) is 1.44. The molecule has 0 heterocycles. The monoisotopic (exact) mass is 182 g/mol. The molecule has 1 aliphatic rings. The van der Waals surface area contributed by atoms with Gasteiger partial charge in [-0.1, -0.05) is 18.8 Å². The topological polar surface area (TPSA) is 57.5 Å². The molecule has 2 N–H and O–H groups in total. The Hall–Kier alpha value is -1.01. The Bertz CT molecular complexity index is 236. The molecule has 72 valence electrons. The highest BCUT2D eigenvalue weighted by atomic mass is 16.4. The Morgan fingerprint density at radius 3 is 2.85 bits per heavy atom. The standard InChI is InChI=1S/C10H14O3/c11-9(10(12)13)8-6-4-2-1-3-5-7-8/h8-9,11H,1-4,6H2,(H,12,13)/t8-,9-/m0/s1. The van der Waals surface area contributed by atoms with Crippen LogP contribution in [0.25, 0.3) is 0 Å². The molecule has 0 aromatic carbocycles. The maximum atomic E-state index is 10.5. The predicted molar refractivity (Wildman–Crippen MR) is 48.0 cm³/mol. The molecule has 0 radical (unpaired) electrons. The van der Waals surface area contributed by atoms with Crippen LogP contribution >= 0.6 is 0 Å². The summed E-state index contributed by atoms with van der Waals surface area (Å²) in [6.07, 6.45) is 3.33. The van der Waals surface area contributed by atoms with Gasteiger partial charge in [-0.15, -0.1) is 5.92 Å². The molecule has 13 heavy (non-hydrogen) atoms. The highest BCUT2D eigenvalue weighted by Gasteiger charge is 2.23. The van der Waals surface area contributed by atoms with Crippen molar-refractivity contribution in [1.82, 2.24) is 0 Å². The van der Waals surface area contributed by atoms with E-state index in [0.717, 1.165) is 25.7 Å². The van der Waals surface area contributed by atoms with Crippen LogP contribution in [0.1, 0.15) is 32.1 Å². The summed E-state index contributed by atoms with van der Waals surface area (Å²) in [6, 6.07) is 0. The van der Waals surface area contributed by atoms with Gasteiger partial charge in [-0.3, -0.25) is 0 Å². The number of aliphatic carboxylic acids is 1. The van der Waals surface area contributed by atoms with Crippen LogP contribution in [0, 0.1) is 17.8 Å². The van der Waals surface area contributed by atoms with E-state index in [1.54, 1.807) is 0 Å². The van der Waals surface area contributed by atoms with Crippen molar-refractivity contribution in [2.24, 2.45) is 5.92 Å². The molecule has 2 atom stereocenters. The molecule has 0 amide bonds. The summed E-state index contributed by atoms with van der Waals surface area (Å²) in [5.74, 6) is 4.18. The molecule has 1 aliphatic carbocycles. The Kier molecular flexibility index (Phi) is 3.78. The van der Waals surface area contributed by atoms with E-state index >= 15 is 0 Å². The van der Waals surface area contributed by atoms with Gasteiger partial charge in [-0.05, 0) is 12.8 Å². The minimum absolute atomic E-state index is 0.377. The van der Waals surface area contributed by atoms with E-state index in [2.05, 4.69) is 11.8 Å². The number of aliphatic hydroxyl groups is 1. The van der Waals surface area contributed by atoms with Crippen LogP contribution in [0.5, 0.6) is 0 Å². The van der Waals surface area contributed by atoms with E-state index < -0.39 is 12.1 Å². The summed E-state index contributed by atoms with van der Waals surface area (Å²) < 4.78 is 0. The van der Waals surface area contributed by atoms with Crippen molar-refractivity contribution in [2.75, 3.05) is 0 Å². The van der Waals surface area contributed by atoms with Gasteiger partial charge in [-0.2, -0.15) is 0 Å². The fraction of sp³-hybridized carbons (Fsp3) is 0.700. The van der Waals surface area contributed by atoms with Gasteiger partial charge in [0, 0.05) is 6.42 Å². The third-order valence-corrected chi connectivity index (χ3v) is 2.24. The van der Waals surface area contributed by atoms with Crippen LogP contribution in [-0.4, -0.2) is 22.3 Å². The lowest BCUT2D eigenvalue weighted by Gasteiger charge is -2.15. The van der Waals surface area contributed by atoms with Gasteiger partial charge in [0.25, 0.3) is 0 Å². The maximum Gasteiger partial charge on any atom is 0.333 e. The first-order valence-corrected chi connectivity index (χ1v) is 4.61. The van der Waals surface area contributed by atoms with Crippen molar-refractivity contribution >= 4 is 5.97 Å². The molecule has 0 saturated heterocycles. The number of rotatable bonds is 2. The van der Waals surface area contributed by atoms with Crippen LogP contribution < -0.4 is 0 Å². The maximum absolute atomic E-state index is 10.5. The van der Waals surface area contributed by atoms with E-state index in [4.69, 9.17) is 5.11 Å². The summed E-state index contributed by atoms with van der Waals surface area (Å²) in [5, 5.41) is 17.8. The second-order valence-corrected chi connectivity index (χ2v) is 3.31. The minimum Gasteiger partial charge on any atom is -0.479 e. The first kappa shape index (κ1) is 10.1. The van der Waals surface area contributed by atoms with Crippen molar-refractivity contribution in [3.8, 4) is 11.8 Å². The molecule has 0 bridgehead atoms. The Labute approximate surface area is 77.8 Å². The highest BCUT2D eigenvalue weighted by molar-refractivity contribution is 5.72. The van der Waals surface area contributed by atoms with E-state index in [0.29, 0.717) is 6.42 Å². The predicted octanol–water partition coefficient (Wildman–Crippen LogP) is 1.02. The molecule has 0 spiro atoms. The average molecular weight is 182 g/mol. The molecule has 0 aliphatic heterocycles. The molecule has 0 saturated carbocycles. The lowest BCUT2D eigenvalue weighted by Crippen LogP contribution is -2.28. The summed E-state index contributed by atoms with van der Waals surface area (Å²) >= 11 is 0. The Morgan fingerprint density at radius 1 is 1.38 bits per heavy atom. The summed E-state index contributed by atoms with van der Waals surface area (Å²) in [5.41, 5.74) is 0. The van der Waals surface area contributed by atoms with Crippen LogP contribution in [0.3, 0.4) is 0 Å². The van der Waals surface area contributed by atoms with Gasteiger partial charge in [0.15, 0.2) is 6.10 Å². The molecule has 1 rings (SSSR count). The number of hydrogen-bond acceptors (Lipinski definition) is 2. The quantitative estimate of drug-likeness (QED) is 0.627. The second kappa shape index (κ2) is 4.88. The van der Waals surface area contributed by atoms with Gasteiger partial charge < -0.3 is 10.2 Å². The van der Waals surface area contributed by atoms with Crippen molar-refractivity contribution in [2.45, 2.75) is 38.2 Å². The van der Waals surface area contributed by atoms with Crippen molar-refractivity contribution in [3.05, 3.63) is 0 Å². The zero-order valence-electron chi connectivity index (χ0n) is 7.49. The largest absolute Gasteiger partial charge is 0.479 e. The normalized spacial score (nSPS) is 24.8. The second-order valence-electron chi connectivity index (χ2n) is 3.31. The van der Waals surface area contributed by atoms with Crippen molar-refractivity contribution in [3.63, 3.8) is 0 Å². The fourth-order valence-corrected chi connectivity index (χ4v) is 1.44. The molecular formula is C10H14O3. The Morgan fingerprint density at radius 2 is 2.15 bits per heavy atom. The van der Waals surface area contributed by atoms with Crippen LogP contribution in [0.4, 0.5) is 0 Å². The van der Waals surface area contributed by atoms with Crippen LogP contribution in [0.15, 0.2) is 0 Å². The lowest BCUT2D eigenvalue weighted by atomic mass is 9.93. The third kappa shape index (κ3) is 3.08. The summed E-state index contributed by atoms with van der Waals surface area (Å²) in [7, 11) is 0. The van der Waals surface area contributed by atoms with Gasteiger partial charge >= 0.3 is 5.97 Å².